The fourth-order valence-electron chi connectivity index (χ4n) is 5.98. The van der Waals surface area contributed by atoms with Crippen LogP contribution in [-0.2, 0) is 9.59 Å². The number of carbonyl (C=O) groups excluding carboxylic acids is 2. The minimum absolute atomic E-state index is 0.0871. The van der Waals surface area contributed by atoms with Crippen LogP contribution in [0.5, 0.6) is 0 Å². The molecule has 2 atom stereocenters. The summed E-state index contributed by atoms with van der Waals surface area (Å²) in [5, 5.41) is 15.3. The highest BCUT2D eigenvalue weighted by atomic mass is 16.4. The lowest BCUT2D eigenvalue weighted by Crippen LogP contribution is -2.54. The lowest BCUT2D eigenvalue weighted by molar-refractivity contribution is -0.137. The van der Waals surface area contributed by atoms with Crippen molar-refractivity contribution >= 4 is 31.1 Å². The number of carboxylic acid groups (broad SMARTS) is 1. The number of carboxylic acids is 1. The number of carbonyl (C=O) groups is 3. The van der Waals surface area contributed by atoms with Gasteiger partial charge < -0.3 is 15.3 Å². The predicted octanol–water partition coefficient (Wildman–Crippen LogP) is 3.46. The van der Waals surface area contributed by atoms with Crippen LogP contribution in [0, 0.1) is 5.92 Å². The van der Waals surface area contributed by atoms with E-state index in [0.717, 1.165) is 55.1 Å². The third-order valence-electron chi connectivity index (χ3n) is 7.93. The molecule has 0 aromatic heterocycles. The molecule has 2 aromatic rings. The Morgan fingerprint density at radius 1 is 1.11 bits per heavy atom. The SMILES string of the molecule is Bc1cccc(C2NC3(CCCCC3)N(C(CCC(C)C)c3ccc(C(=O)NCCC(=O)O)cc3)C2=O)c1. The number of nitrogens with one attached hydrogen (secondary N) is 2. The van der Waals surface area contributed by atoms with E-state index in [-0.39, 0.29) is 42.5 Å². The summed E-state index contributed by atoms with van der Waals surface area (Å²) in [7, 11) is 2.06. The van der Waals surface area contributed by atoms with Gasteiger partial charge in [-0.1, -0.05) is 62.1 Å². The molecule has 202 valence electrons. The number of benzene rings is 2. The summed E-state index contributed by atoms with van der Waals surface area (Å²) < 4.78 is 0. The van der Waals surface area contributed by atoms with E-state index in [1.165, 1.54) is 6.42 Å². The van der Waals surface area contributed by atoms with Crippen molar-refractivity contribution in [2.45, 2.75) is 83.0 Å². The summed E-state index contributed by atoms with van der Waals surface area (Å²) in [6.45, 7) is 4.50. The molecular formula is C30H40BN3O4. The zero-order valence-corrected chi connectivity index (χ0v) is 22.8. The third-order valence-corrected chi connectivity index (χ3v) is 7.93. The van der Waals surface area contributed by atoms with Crippen molar-refractivity contribution in [3.05, 3.63) is 65.2 Å². The van der Waals surface area contributed by atoms with E-state index in [4.69, 9.17) is 5.11 Å². The maximum Gasteiger partial charge on any atom is 0.305 e. The van der Waals surface area contributed by atoms with Crippen LogP contribution < -0.4 is 16.1 Å². The number of amides is 2. The highest BCUT2D eigenvalue weighted by Crippen LogP contribution is 2.46. The molecular weight excluding hydrogens is 477 g/mol. The van der Waals surface area contributed by atoms with E-state index in [9.17, 15) is 14.4 Å². The molecule has 1 spiro atoms. The zero-order chi connectivity index (χ0) is 27.3. The lowest BCUT2D eigenvalue weighted by atomic mass is 9.85. The first-order valence-corrected chi connectivity index (χ1v) is 14.0. The first-order valence-electron chi connectivity index (χ1n) is 14.0. The number of nitrogens with zero attached hydrogens (tertiary/aromatic N) is 1. The van der Waals surface area contributed by atoms with E-state index in [1.54, 1.807) is 12.1 Å². The van der Waals surface area contributed by atoms with Crippen molar-refractivity contribution in [3.8, 4) is 0 Å². The van der Waals surface area contributed by atoms with Gasteiger partial charge in [-0.05, 0) is 67.7 Å². The maximum absolute atomic E-state index is 14.2. The largest absolute Gasteiger partial charge is 0.481 e. The predicted molar refractivity (Wildman–Crippen MR) is 151 cm³/mol. The van der Waals surface area contributed by atoms with Crippen molar-refractivity contribution < 1.29 is 19.5 Å². The number of rotatable bonds is 10. The molecule has 2 unspecified atom stereocenters. The summed E-state index contributed by atoms with van der Waals surface area (Å²) in [5.41, 5.74) is 3.29. The van der Waals surface area contributed by atoms with Gasteiger partial charge in [-0.15, -0.1) is 0 Å². The summed E-state index contributed by atoms with van der Waals surface area (Å²) in [4.78, 5) is 39.7. The molecule has 2 aliphatic rings. The van der Waals surface area contributed by atoms with E-state index in [1.807, 2.05) is 24.3 Å². The Morgan fingerprint density at radius 2 is 1.82 bits per heavy atom. The Morgan fingerprint density at radius 3 is 2.45 bits per heavy atom. The molecule has 2 fully saturated rings. The minimum atomic E-state index is -0.946. The smallest absolute Gasteiger partial charge is 0.305 e. The van der Waals surface area contributed by atoms with E-state index >= 15 is 0 Å². The van der Waals surface area contributed by atoms with Gasteiger partial charge in [0.05, 0.1) is 18.1 Å². The molecule has 1 aliphatic carbocycles. The minimum Gasteiger partial charge on any atom is -0.481 e. The molecule has 3 N–H and O–H groups in total. The molecule has 0 radical (unpaired) electrons. The van der Waals surface area contributed by atoms with Crippen LogP contribution in [0.4, 0.5) is 0 Å². The van der Waals surface area contributed by atoms with E-state index in [2.05, 4.69) is 49.4 Å². The highest BCUT2D eigenvalue weighted by Gasteiger charge is 2.53. The van der Waals surface area contributed by atoms with Gasteiger partial charge in [-0.3, -0.25) is 19.7 Å². The first-order chi connectivity index (χ1) is 18.2. The van der Waals surface area contributed by atoms with Crippen molar-refractivity contribution in [1.29, 1.82) is 0 Å². The van der Waals surface area contributed by atoms with Crippen molar-refractivity contribution in [1.82, 2.24) is 15.5 Å². The van der Waals surface area contributed by atoms with Gasteiger partial charge in [-0.25, -0.2) is 0 Å². The average Bonchev–Trinajstić information content (AvgIpc) is 3.16. The van der Waals surface area contributed by atoms with Crippen LogP contribution >= 0.6 is 0 Å². The van der Waals surface area contributed by atoms with Gasteiger partial charge in [0.15, 0.2) is 0 Å². The van der Waals surface area contributed by atoms with Gasteiger partial charge in [0.1, 0.15) is 13.9 Å². The topological polar surface area (TPSA) is 98.7 Å². The average molecular weight is 517 g/mol. The molecule has 7 nitrogen and oxygen atoms in total. The third kappa shape index (κ3) is 6.29. The second-order valence-corrected chi connectivity index (χ2v) is 11.3. The second kappa shape index (κ2) is 12.2. The molecule has 38 heavy (non-hydrogen) atoms. The monoisotopic (exact) mass is 517 g/mol. The second-order valence-electron chi connectivity index (χ2n) is 11.3. The van der Waals surface area contributed by atoms with Crippen molar-refractivity contribution in [3.63, 3.8) is 0 Å². The molecule has 1 saturated carbocycles. The first kappa shape index (κ1) is 27.9. The van der Waals surface area contributed by atoms with Crippen molar-refractivity contribution in [2.24, 2.45) is 5.92 Å². The molecule has 2 amide bonds. The van der Waals surface area contributed by atoms with E-state index in [0.29, 0.717) is 11.5 Å². The number of hydrogen-bond donors (Lipinski definition) is 3. The summed E-state index contributed by atoms with van der Waals surface area (Å²) in [6.07, 6.45) is 6.94. The standard InChI is InChI=1S/C30H40BN3O4/c1-20(2)9-14-25(21-10-12-22(13-11-21)28(37)32-18-15-26(35)36)34-29(38)27(23-7-6-8-24(31)19-23)33-30(34)16-4-3-5-17-30/h6-8,10-13,19-20,25,27,33H,3-5,9,14-18,31H2,1-2H3,(H,32,37)(H,35,36). The van der Waals surface area contributed by atoms with Crippen LogP contribution in [0.1, 0.15) is 98.8 Å². The Labute approximate surface area is 226 Å². The van der Waals surface area contributed by atoms with E-state index < -0.39 is 5.97 Å². The normalized spacial score (nSPS) is 19.6. The molecule has 0 bridgehead atoms. The van der Waals surface area contributed by atoms with Crippen LogP contribution in [0.2, 0.25) is 0 Å². The van der Waals surface area contributed by atoms with Crippen LogP contribution in [0.3, 0.4) is 0 Å². The Hall–Kier alpha value is -3.13. The Balaban J connectivity index is 1.66. The van der Waals surface area contributed by atoms with Crippen LogP contribution in [0.25, 0.3) is 0 Å². The molecule has 8 heteroatoms. The van der Waals surface area contributed by atoms with Crippen LogP contribution in [-0.4, -0.2) is 47.8 Å². The Kier molecular flexibility index (Phi) is 8.93. The fraction of sp³-hybridized carbons (Fsp3) is 0.500. The number of aliphatic carboxylic acids is 1. The summed E-state index contributed by atoms with van der Waals surface area (Å²) in [5.74, 6) is -0.615. The van der Waals surface area contributed by atoms with Gasteiger partial charge in [0.25, 0.3) is 5.91 Å². The fourth-order valence-corrected chi connectivity index (χ4v) is 5.98. The van der Waals surface area contributed by atoms with Crippen LogP contribution in [0.15, 0.2) is 48.5 Å². The lowest BCUT2D eigenvalue weighted by Gasteiger charge is -2.45. The molecule has 4 rings (SSSR count). The highest BCUT2D eigenvalue weighted by molar-refractivity contribution is 6.32. The van der Waals surface area contributed by atoms with Gasteiger partial charge in [0.2, 0.25) is 5.91 Å². The molecule has 2 aromatic carbocycles. The molecule has 1 aliphatic heterocycles. The van der Waals surface area contributed by atoms with Crippen molar-refractivity contribution in [2.75, 3.05) is 6.54 Å². The number of hydrogen-bond acceptors (Lipinski definition) is 4. The summed E-state index contributed by atoms with van der Waals surface area (Å²) >= 11 is 0. The van der Waals surface area contributed by atoms with Gasteiger partial charge in [0, 0.05) is 12.1 Å². The quantitative estimate of drug-likeness (QED) is 0.420. The molecule has 1 saturated heterocycles. The molecule has 1 heterocycles. The van der Waals surface area contributed by atoms with Gasteiger partial charge >= 0.3 is 5.97 Å². The van der Waals surface area contributed by atoms with Gasteiger partial charge in [-0.2, -0.15) is 0 Å². The zero-order valence-electron chi connectivity index (χ0n) is 22.8. The maximum atomic E-state index is 14.2. The Bertz CT molecular complexity index is 1140. The summed E-state index contributed by atoms with van der Waals surface area (Å²) in [6, 6.07) is 15.2.